The smallest absolute Gasteiger partial charge is 0.305 e. The van der Waals surface area contributed by atoms with Crippen LogP contribution in [0.3, 0.4) is 0 Å². The summed E-state index contributed by atoms with van der Waals surface area (Å²) in [5, 5.41) is 0. The highest BCUT2D eigenvalue weighted by Gasteiger charge is 2.20. The van der Waals surface area contributed by atoms with Crippen molar-refractivity contribution in [3.8, 4) is 0 Å². The first-order valence-corrected chi connectivity index (χ1v) is 7.68. The van der Waals surface area contributed by atoms with Crippen LogP contribution < -0.4 is 5.69 Å². The zero-order valence-corrected chi connectivity index (χ0v) is 11.7. The number of benzene rings is 1. The van der Waals surface area contributed by atoms with Crippen LogP contribution in [-0.4, -0.2) is 21.1 Å². The Kier molecular flexibility index (Phi) is 3.04. The molecule has 2 heterocycles. The molecule has 0 amide bonds. The van der Waals surface area contributed by atoms with E-state index in [1.165, 1.54) is 12.2 Å². The van der Waals surface area contributed by atoms with Crippen molar-refractivity contribution in [2.45, 2.75) is 18.9 Å². The molecule has 1 unspecified atom stereocenters. The number of halogens is 1. The van der Waals surface area contributed by atoms with E-state index in [1.807, 2.05) is 34.5 Å². The van der Waals surface area contributed by atoms with Gasteiger partial charge in [0.15, 0.2) is 0 Å². The summed E-state index contributed by atoms with van der Waals surface area (Å²) >= 11 is 5.48. The number of aromatic amines is 1. The van der Waals surface area contributed by atoms with Crippen molar-refractivity contribution in [1.82, 2.24) is 9.55 Å². The second-order valence-electron chi connectivity index (χ2n) is 4.31. The molecule has 1 saturated heterocycles. The van der Waals surface area contributed by atoms with Gasteiger partial charge in [-0.15, -0.1) is 0 Å². The first-order valence-electron chi connectivity index (χ1n) is 5.74. The predicted molar refractivity (Wildman–Crippen MR) is 75.9 cm³/mol. The molecule has 2 aromatic rings. The van der Waals surface area contributed by atoms with Crippen LogP contribution in [0.1, 0.15) is 18.9 Å². The van der Waals surface area contributed by atoms with E-state index in [0.29, 0.717) is 6.04 Å². The van der Waals surface area contributed by atoms with Gasteiger partial charge in [-0.2, -0.15) is 11.8 Å². The van der Waals surface area contributed by atoms with Crippen molar-refractivity contribution >= 4 is 38.7 Å². The maximum Gasteiger partial charge on any atom is 0.326 e. The van der Waals surface area contributed by atoms with Crippen molar-refractivity contribution in [3.63, 3.8) is 0 Å². The monoisotopic (exact) mass is 312 g/mol. The molecule has 0 radical (unpaired) electrons. The molecule has 0 bridgehead atoms. The predicted octanol–water partition coefficient (Wildman–Crippen LogP) is 3.16. The third-order valence-corrected chi connectivity index (χ3v) is 5.03. The number of thioether (sulfide) groups is 1. The Labute approximate surface area is 112 Å². The molecular weight excluding hydrogens is 300 g/mol. The van der Waals surface area contributed by atoms with Gasteiger partial charge in [0.1, 0.15) is 0 Å². The molecule has 3 nitrogen and oxygen atoms in total. The summed E-state index contributed by atoms with van der Waals surface area (Å²) in [7, 11) is 0. The summed E-state index contributed by atoms with van der Waals surface area (Å²) < 4.78 is 2.91. The first-order chi connectivity index (χ1) is 8.27. The van der Waals surface area contributed by atoms with Crippen LogP contribution in [0.2, 0.25) is 0 Å². The molecule has 0 saturated carbocycles. The second kappa shape index (κ2) is 4.53. The Morgan fingerprint density at radius 3 is 3.12 bits per heavy atom. The number of nitrogens with one attached hydrogen (secondary N) is 1. The number of para-hydroxylation sites is 1. The van der Waals surface area contributed by atoms with Crippen LogP contribution in [0.5, 0.6) is 0 Å². The number of aromatic nitrogens is 2. The molecule has 1 N–H and O–H groups in total. The zero-order valence-electron chi connectivity index (χ0n) is 9.28. The fourth-order valence-corrected chi connectivity index (χ4v) is 4.10. The minimum absolute atomic E-state index is 0.0133. The maximum absolute atomic E-state index is 12.1. The number of rotatable bonds is 1. The SMILES string of the molecule is O=c1[nH]c2cccc(Br)c2n1C1CCCSC1. The summed E-state index contributed by atoms with van der Waals surface area (Å²) in [5.74, 6) is 2.25. The Hall–Kier alpha value is -0.680. The Morgan fingerprint density at radius 2 is 2.35 bits per heavy atom. The van der Waals surface area contributed by atoms with Gasteiger partial charge in [0.25, 0.3) is 0 Å². The first kappa shape index (κ1) is 11.4. The summed E-state index contributed by atoms with van der Waals surface area (Å²) in [6, 6.07) is 6.21. The largest absolute Gasteiger partial charge is 0.326 e. The van der Waals surface area contributed by atoms with Crippen LogP contribution in [0.15, 0.2) is 27.5 Å². The van der Waals surface area contributed by atoms with Crippen LogP contribution in [0.4, 0.5) is 0 Å². The highest BCUT2D eigenvalue weighted by Crippen LogP contribution is 2.30. The van der Waals surface area contributed by atoms with Crippen LogP contribution in [0, 0.1) is 0 Å². The van der Waals surface area contributed by atoms with E-state index >= 15 is 0 Å². The number of hydrogen-bond acceptors (Lipinski definition) is 2. The molecule has 1 aromatic carbocycles. The van der Waals surface area contributed by atoms with Gasteiger partial charge in [0.05, 0.1) is 11.0 Å². The van der Waals surface area contributed by atoms with E-state index in [2.05, 4.69) is 20.9 Å². The van der Waals surface area contributed by atoms with E-state index in [-0.39, 0.29) is 5.69 Å². The normalized spacial score (nSPS) is 20.9. The Balaban J connectivity index is 2.20. The summed E-state index contributed by atoms with van der Waals surface area (Å²) in [5.41, 5.74) is 1.93. The number of H-pyrrole nitrogens is 1. The topological polar surface area (TPSA) is 37.8 Å². The van der Waals surface area contributed by atoms with Crippen LogP contribution in [0.25, 0.3) is 11.0 Å². The molecule has 1 fully saturated rings. The molecule has 1 aliphatic heterocycles. The summed E-state index contributed by atoms with van der Waals surface area (Å²) in [4.78, 5) is 15.0. The average Bonchev–Trinajstić information content (AvgIpc) is 2.68. The molecule has 1 aliphatic rings. The van der Waals surface area contributed by atoms with Crippen molar-refractivity contribution in [2.75, 3.05) is 11.5 Å². The molecule has 17 heavy (non-hydrogen) atoms. The van der Waals surface area contributed by atoms with E-state index < -0.39 is 0 Å². The number of fused-ring (bicyclic) bond motifs is 1. The molecule has 90 valence electrons. The van der Waals surface area contributed by atoms with Gasteiger partial charge in [-0.25, -0.2) is 4.79 Å². The van der Waals surface area contributed by atoms with Gasteiger partial charge in [-0.1, -0.05) is 6.07 Å². The molecule has 1 atom stereocenters. The lowest BCUT2D eigenvalue weighted by molar-refractivity contribution is 0.499. The van der Waals surface area contributed by atoms with Gasteiger partial charge < -0.3 is 4.98 Å². The van der Waals surface area contributed by atoms with Gasteiger partial charge in [-0.05, 0) is 46.7 Å². The van der Waals surface area contributed by atoms with E-state index in [4.69, 9.17) is 0 Å². The minimum atomic E-state index is 0.0133. The van der Waals surface area contributed by atoms with Crippen molar-refractivity contribution in [2.24, 2.45) is 0 Å². The van der Waals surface area contributed by atoms with Gasteiger partial charge in [0.2, 0.25) is 0 Å². The van der Waals surface area contributed by atoms with Gasteiger partial charge >= 0.3 is 5.69 Å². The van der Waals surface area contributed by atoms with Crippen LogP contribution >= 0.6 is 27.7 Å². The molecular formula is C12H13BrN2OS. The van der Waals surface area contributed by atoms with Crippen molar-refractivity contribution in [1.29, 1.82) is 0 Å². The highest BCUT2D eigenvalue weighted by atomic mass is 79.9. The number of imidazole rings is 1. The van der Waals surface area contributed by atoms with Crippen molar-refractivity contribution in [3.05, 3.63) is 33.2 Å². The van der Waals surface area contributed by atoms with E-state index in [9.17, 15) is 4.79 Å². The van der Waals surface area contributed by atoms with Crippen molar-refractivity contribution < 1.29 is 0 Å². The molecule has 0 aliphatic carbocycles. The quantitative estimate of drug-likeness (QED) is 0.878. The second-order valence-corrected chi connectivity index (χ2v) is 6.31. The fourth-order valence-electron chi connectivity index (χ4n) is 2.41. The molecule has 3 rings (SSSR count). The average molecular weight is 313 g/mol. The van der Waals surface area contributed by atoms with E-state index in [0.717, 1.165) is 27.7 Å². The zero-order chi connectivity index (χ0) is 11.8. The lowest BCUT2D eigenvalue weighted by Crippen LogP contribution is -2.26. The standard InChI is InChI=1S/C12H13BrN2OS/c13-9-4-1-5-10-11(9)15(12(16)14-10)8-3-2-6-17-7-8/h1,4-5,8H,2-3,6-7H2,(H,14,16). The number of hydrogen-bond donors (Lipinski definition) is 1. The van der Waals surface area contributed by atoms with Gasteiger partial charge in [-0.3, -0.25) is 4.57 Å². The molecule has 0 spiro atoms. The van der Waals surface area contributed by atoms with Gasteiger partial charge in [0, 0.05) is 16.3 Å². The summed E-state index contributed by atoms with van der Waals surface area (Å²) in [6.07, 6.45) is 2.29. The molecule has 1 aromatic heterocycles. The third kappa shape index (κ3) is 1.95. The van der Waals surface area contributed by atoms with E-state index in [1.54, 1.807) is 0 Å². The fraction of sp³-hybridized carbons (Fsp3) is 0.417. The highest BCUT2D eigenvalue weighted by molar-refractivity contribution is 9.10. The lowest BCUT2D eigenvalue weighted by Gasteiger charge is -2.22. The Bertz CT molecular complexity index is 598. The lowest BCUT2D eigenvalue weighted by atomic mass is 10.2. The minimum Gasteiger partial charge on any atom is -0.305 e. The molecule has 5 heteroatoms. The van der Waals surface area contributed by atoms with Crippen LogP contribution in [-0.2, 0) is 0 Å². The third-order valence-electron chi connectivity index (χ3n) is 3.19. The Morgan fingerprint density at radius 1 is 1.47 bits per heavy atom. The number of nitrogens with zero attached hydrogens (tertiary/aromatic N) is 1. The maximum atomic E-state index is 12.1. The summed E-state index contributed by atoms with van der Waals surface area (Å²) in [6.45, 7) is 0.